The fourth-order valence-corrected chi connectivity index (χ4v) is 2.87. The van der Waals surface area contributed by atoms with E-state index < -0.39 is 0 Å². The van der Waals surface area contributed by atoms with Crippen LogP contribution in [0.5, 0.6) is 0 Å². The summed E-state index contributed by atoms with van der Waals surface area (Å²) in [6.45, 7) is -0.250. The molecule has 0 saturated heterocycles. The molecule has 8 heteroatoms. The number of rotatable bonds is 6. The number of amides is 2. The average molecular weight is 395 g/mol. The van der Waals surface area contributed by atoms with Crippen molar-refractivity contribution in [2.24, 2.45) is 0 Å². The number of hydrogen-bond acceptors (Lipinski definition) is 4. The van der Waals surface area contributed by atoms with Crippen molar-refractivity contribution in [3.63, 3.8) is 0 Å². The lowest BCUT2D eigenvalue weighted by Crippen LogP contribution is -2.37. The Morgan fingerprint density at radius 2 is 1.79 bits per heavy atom. The van der Waals surface area contributed by atoms with Gasteiger partial charge in [0.25, 0.3) is 6.47 Å². The molecule has 1 heterocycles. The third-order valence-corrected chi connectivity index (χ3v) is 4.23. The van der Waals surface area contributed by atoms with Crippen molar-refractivity contribution in [3.05, 3.63) is 78.4 Å². The van der Waals surface area contributed by atoms with Crippen LogP contribution in [-0.2, 0) is 11.2 Å². The molecule has 1 atom stereocenters. The third-order valence-electron chi connectivity index (χ3n) is 4.23. The predicted molar refractivity (Wildman–Crippen MR) is 112 cm³/mol. The minimum atomic E-state index is -0.253. The van der Waals surface area contributed by atoms with Crippen LogP contribution in [0.15, 0.2) is 67.0 Å². The Morgan fingerprint density at radius 3 is 2.38 bits per heavy atom. The number of nitrogens with one attached hydrogen (secondary N) is 3. The molecule has 1 aromatic heterocycles. The summed E-state index contributed by atoms with van der Waals surface area (Å²) in [4.78, 5) is 24.9. The highest BCUT2D eigenvalue weighted by molar-refractivity contribution is 5.74. The van der Waals surface area contributed by atoms with E-state index in [0.717, 1.165) is 22.8 Å². The van der Waals surface area contributed by atoms with Gasteiger partial charge in [0, 0.05) is 37.9 Å². The minimum absolute atomic E-state index is 0.231. The topological polar surface area (TPSA) is 108 Å². The Labute approximate surface area is 169 Å². The molecule has 0 aliphatic heterocycles. The summed E-state index contributed by atoms with van der Waals surface area (Å²) in [5.74, 6) is 0.787. The van der Waals surface area contributed by atoms with Gasteiger partial charge in [-0.3, -0.25) is 4.79 Å². The lowest BCUT2D eigenvalue weighted by atomic mass is 10.1. The summed E-state index contributed by atoms with van der Waals surface area (Å²) in [5.41, 5.74) is 3.17. The van der Waals surface area contributed by atoms with Gasteiger partial charge in [-0.1, -0.05) is 30.3 Å². The van der Waals surface area contributed by atoms with Crippen LogP contribution in [0.1, 0.15) is 17.4 Å². The van der Waals surface area contributed by atoms with E-state index in [1.807, 2.05) is 72.4 Å². The van der Waals surface area contributed by atoms with Crippen LogP contribution in [0.25, 0.3) is 5.69 Å². The van der Waals surface area contributed by atoms with Crippen molar-refractivity contribution in [2.75, 3.05) is 19.4 Å². The first-order chi connectivity index (χ1) is 14.1. The maximum absolute atomic E-state index is 12.0. The van der Waals surface area contributed by atoms with Gasteiger partial charge < -0.3 is 25.6 Å². The number of carbonyl (C=O) groups is 2. The van der Waals surface area contributed by atoms with Gasteiger partial charge in [-0.2, -0.15) is 0 Å². The number of aromatic nitrogens is 2. The number of hydrogen-bond donors (Lipinski definition) is 4. The van der Waals surface area contributed by atoms with Crippen LogP contribution < -0.4 is 16.0 Å². The lowest BCUT2D eigenvalue weighted by Gasteiger charge is -2.20. The molecule has 3 aromatic rings. The Bertz CT molecular complexity index is 894. The highest BCUT2D eigenvalue weighted by atomic mass is 16.3. The van der Waals surface area contributed by atoms with Gasteiger partial charge in [-0.05, 0) is 36.2 Å². The normalized spacial score (nSPS) is 10.8. The Kier molecular flexibility index (Phi) is 8.25. The number of benzene rings is 2. The van der Waals surface area contributed by atoms with Crippen LogP contribution in [-0.4, -0.2) is 41.3 Å². The summed E-state index contributed by atoms with van der Waals surface area (Å²) >= 11 is 0. The largest absolute Gasteiger partial charge is 0.483 e. The van der Waals surface area contributed by atoms with E-state index in [4.69, 9.17) is 9.90 Å². The number of anilines is 1. The molecule has 0 fully saturated rings. The van der Waals surface area contributed by atoms with Crippen LogP contribution in [0.4, 0.5) is 10.5 Å². The second-order valence-corrected chi connectivity index (χ2v) is 6.02. The number of urea groups is 1. The maximum atomic E-state index is 12.0. The summed E-state index contributed by atoms with van der Waals surface area (Å²) < 4.78 is 2.00. The van der Waals surface area contributed by atoms with E-state index in [1.54, 1.807) is 13.2 Å². The molecular formula is C21H25N5O3. The monoisotopic (exact) mass is 395 g/mol. The quantitative estimate of drug-likeness (QED) is 0.480. The summed E-state index contributed by atoms with van der Waals surface area (Å²) in [7, 11) is 3.50. The second-order valence-electron chi connectivity index (χ2n) is 6.02. The van der Waals surface area contributed by atoms with E-state index in [-0.39, 0.29) is 18.5 Å². The molecular weight excluding hydrogens is 370 g/mol. The molecule has 8 nitrogen and oxygen atoms in total. The third kappa shape index (κ3) is 6.10. The molecule has 2 amide bonds. The standard InChI is InChI=1S/C20H23N5O.CH2O2/c1-21-16-8-10-17(11-9-16)25-13-12-23-19(25)18(24-20(26)22-2)14-15-6-4-3-5-7-15;2-1-3/h3-13,18,21H,14H2,1-2H3,(H2,22,24,26);1H,(H,2,3). The summed E-state index contributed by atoms with van der Waals surface area (Å²) in [5, 5.41) is 15.6. The fourth-order valence-electron chi connectivity index (χ4n) is 2.87. The molecule has 0 spiro atoms. The molecule has 0 bridgehead atoms. The zero-order valence-corrected chi connectivity index (χ0v) is 16.4. The average Bonchev–Trinajstić information content (AvgIpc) is 3.24. The SMILES string of the molecule is CNC(=O)NC(Cc1ccccc1)c1nccn1-c1ccc(NC)cc1.O=CO. The highest BCUT2D eigenvalue weighted by Gasteiger charge is 2.20. The first kappa shape index (κ1) is 21.5. The van der Waals surface area contributed by atoms with Gasteiger partial charge >= 0.3 is 6.03 Å². The van der Waals surface area contributed by atoms with Gasteiger partial charge in [-0.15, -0.1) is 0 Å². The first-order valence-electron chi connectivity index (χ1n) is 9.04. The van der Waals surface area contributed by atoms with Gasteiger partial charge in [0.05, 0.1) is 6.04 Å². The number of carboxylic acid groups (broad SMARTS) is 1. The maximum Gasteiger partial charge on any atom is 0.315 e. The number of imidazole rings is 1. The highest BCUT2D eigenvalue weighted by Crippen LogP contribution is 2.22. The Balaban J connectivity index is 0.000000941. The summed E-state index contributed by atoms with van der Waals surface area (Å²) in [6.07, 6.45) is 4.32. The molecule has 0 aliphatic carbocycles. The zero-order valence-electron chi connectivity index (χ0n) is 16.4. The van der Waals surface area contributed by atoms with Crippen molar-refractivity contribution >= 4 is 18.2 Å². The molecule has 0 radical (unpaired) electrons. The smallest absolute Gasteiger partial charge is 0.315 e. The molecule has 1 unspecified atom stereocenters. The van der Waals surface area contributed by atoms with Gasteiger partial charge in [0.2, 0.25) is 0 Å². The Hall–Kier alpha value is -3.81. The van der Waals surface area contributed by atoms with Crippen molar-refractivity contribution in [1.82, 2.24) is 20.2 Å². The van der Waals surface area contributed by atoms with E-state index in [1.165, 1.54) is 0 Å². The lowest BCUT2D eigenvalue weighted by molar-refractivity contribution is -0.122. The molecule has 4 N–H and O–H groups in total. The molecule has 2 aromatic carbocycles. The molecule has 29 heavy (non-hydrogen) atoms. The molecule has 0 aliphatic rings. The van der Waals surface area contributed by atoms with Crippen molar-refractivity contribution in [2.45, 2.75) is 12.5 Å². The van der Waals surface area contributed by atoms with E-state index in [2.05, 4.69) is 20.9 Å². The second kappa shape index (κ2) is 11.1. The van der Waals surface area contributed by atoms with E-state index in [0.29, 0.717) is 6.42 Å². The molecule has 152 valence electrons. The van der Waals surface area contributed by atoms with Crippen molar-refractivity contribution < 1.29 is 14.7 Å². The van der Waals surface area contributed by atoms with Crippen LogP contribution in [0, 0.1) is 0 Å². The van der Waals surface area contributed by atoms with Crippen LogP contribution in [0.3, 0.4) is 0 Å². The van der Waals surface area contributed by atoms with Gasteiger partial charge in [0.1, 0.15) is 5.82 Å². The van der Waals surface area contributed by atoms with Crippen molar-refractivity contribution in [1.29, 1.82) is 0 Å². The van der Waals surface area contributed by atoms with Crippen LogP contribution >= 0.6 is 0 Å². The molecule has 3 rings (SSSR count). The van der Waals surface area contributed by atoms with E-state index >= 15 is 0 Å². The van der Waals surface area contributed by atoms with Crippen LogP contribution in [0.2, 0.25) is 0 Å². The minimum Gasteiger partial charge on any atom is -0.483 e. The van der Waals surface area contributed by atoms with Crippen molar-refractivity contribution in [3.8, 4) is 5.69 Å². The molecule has 0 saturated carbocycles. The predicted octanol–water partition coefficient (Wildman–Crippen LogP) is 2.83. The van der Waals surface area contributed by atoms with Gasteiger partial charge in [0.15, 0.2) is 0 Å². The van der Waals surface area contributed by atoms with E-state index in [9.17, 15) is 4.79 Å². The van der Waals surface area contributed by atoms with Gasteiger partial charge in [-0.25, -0.2) is 9.78 Å². The summed E-state index contributed by atoms with van der Waals surface area (Å²) in [6, 6.07) is 17.7. The number of carbonyl (C=O) groups excluding carboxylic acids is 1. The Morgan fingerprint density at radius 1 is 1.14 bits per heavy atom. The number of nitrogens with zero attached hydrogens (tertiary/aromatic N) is 2. The fraction of sp³-hybridized carbons (Fsp3) is 0.190. The zero-order chi connectivity index (χ0) is 21.1. The first-order valence-corrected chi connectivity index (χ1v) is 9.04.